The van der Waals surface area contributed by atoms with Gasteiger partial charge in [-0.05, 0) is 14.0 Å². The number of Topliss-reactive ketones (excluding diaryl/α,β-unsaturated/α-hetero) is 1. The number of hydrazine groups is 1. The van der Waals surface area contributed by atoms with Gasteiger partial charge in [0.15, 0.2) is 0 Å². The van der Waals surface area contributed by atoms with E-state index in [4.69, 9.17) is 0 Å². The van der Waals surface area contributed by atoms with Crippen molar-refractivity contribution in [3.05, 3.63) is 0 Å². The summed E-state index contributed by atoms with van der Waals surface area (Å²) in [6.45, 7) is 3.97. The van der Waals surface area contributed by atoms with E-state index in [9.17, 15) is 9.59 Å². The molecule has 2 rings (SSSR count). The number of piperazine rings is 1. The number of hydrogen-bond acceptors (Lipinski definition) is 5. The second kappa shape index (κ2) is 4.73. The lowest BCUT2D eigenvalue weighted by Crippen LogP contribution is -2.61. The maximum atomic E-state index is 11.7. The standard InChI is InChI=1S/C10H17N3O2S/c1-8(14)9-5-11(2)3-4-12(9)13-7-16-6-10(13)15/h9H,3-7H2,1-2H3. The summed E-state index contributed by atoms with van der Waals surface area (Å²) in [6.07, 6.45) is 0. The molecule has 1 amide bonds. The summed E-state index contributed by atoms with van der Waals surface area (Å²) in [4.78, 5) is 25.4. The second-order valence-corrected chi connectivity index (χ2v) is 5.28. The summed E-state index contributed by atoms with van der Waals surface area (Å²) in [7, 11) is 2.01. The third-order valence-electron chi connectivity index (χ3n) is 3.06. The van der Waals surface area contributed by atoms with Crippen LogP contribution < -0.4 is 0 Å². The highest BCUT2D eigenvalue weighted by molar-refractivity contribution is 8.00. The normalized spacial score (nSPS) is 28.8. The van der Waals surface area contributed by atoms with Gasteiger partial charge in [0.05, 0.1) is 11.6 Å². The maximum Gasteiger partial charge on any atom is 0.247 e. The van der Waals surface area contributed by atoms with E-state index >= 15 is 0 Å². The van der Waals surface area contributed by atoms with Crippen molar-refractivity contribution < 1.29 is 9.59 Å². The monoisotopic (exact) mass is 243 g/mol. The van der Waals surface area contributed by atoms with Gasteiger partial charge < -0.3 is 4.90 Å². The first kappa shape index (κ1) is 11.9. The Morgan fingerprint density at radius 3 is 2.75 bits per heavy atom. The summed E-state index contributed by atoms with van der Waals surface area (Å²) >= 11 is 1.61. The van der Waals surface area contributed by atoms with Crippen molar-refractivity contribution in [2.75, 3.05) is 38.3 Å². The van der Waals surface area contributed by atoms with Crippen LogP contribution in [0, 0.1) is 0 Å². The van der Waals surface area contributed by atoms with E-state index in [1.54, 1.807) is 23.7 Å². The number of amides is 1. The molecule has 2 aliphatic rings. The zero-order valence-electron chi connectivity index (χ0n) is 9.68. The average molecular weight is 243 g/mol. The van der Waals surface area contributed by atoms with Gasteiger partial charge in [0.25, 0.3) is 0 Å². The third-order valence-corrected chi connectivity index (χ3v) is 3.94. The van der Waals surface area contributed by atoms with Gasteiger partial charge in [-0.3, -0.25) is 14.6 Å². The fourth-order valence-corrected chi connectivity index (χ4v) is 3.00. The zero-order valence-corrected chi connectivity index (χ0v) is 10.5. The summed E-state index contributed by atoms with van der Waals surface area (Å²) < 4.78 is 0. The molecule has 1 unspecified atom stereocenters. The molecule has 1 atom stereocenters. The van der Waals surface area contributed by atoms with Crippen LogP contribution in [0.1, 0.15) is 6.92 Å². The highest BCUT2D eigenvalue weighted by atomic mass is 32.2. The molecule has 2 aliphatic heterocycles. The quantitative estimate of drug-likeness (QED) is 0.662. The molecule has 0 aromatic heterocycles. The van der Waals surface area contributed by atoms with Crippen LogP contribution in [0.4, 0.5) is 0 Å². The number of thioether (sulfide) groups is 1. The van der Waals surface area contributed by atoms with Gasteiger partial charge in [-0.2, -0.15) is 0 Å². The van der Waals surface area contributed by atoms with Crippen molar-refractivity contribution in [3.63, 3.8) is 0 Å². The minimum Gasteiger partial charge on any atom is -0.303 e. The molecular weight excluding hydrogens is 226 g/mol. The van der Waals surface area contributed by atoms with Crippen LogP contribution in [-0.2, 0) is 9.59 Å². The van der Waals surface area contributed by atoms with Crippen LogP contribution in [-0.4, -0.2) is 71.0 Å². The number of rotatable bonds is 2. The fraction of sp³-hybridized carbons (Fsp3) is 0.800. The lowest BCUT2D eigenvalue weighted by atomic mass is 10.1. The number of nitrogens with zero attached hydrogens (tertiary/aromatic N) is 3. The first-order chi connectivity index (χ1) is 7.59. The SMILES string of the molecule is CC(=O)C1CN(C)CCN1N1CSCC1=O. The van der Waals surface area contributed by atoms with Crippen LogP contribution in [0.5, 0.6) is 0 Å². The van der Waals surface area contributed by atoms with Crippen LogP contribution in [0.15, 0.2) is 0 Å². The van der Waals surface area contributed by atoms with Crippen LogP contribution in [0.3, 0.4) is 0 Å². The first-order valence-corrected chi connectivity index (χ1v) is 6.58. The van der Waals surface area contributed by atoms with Crippen molar-refractivity contribution in [3.8, 4) is 0 Å². The van der Waals surface area contributed by atoms with Crippen molar-refractivity contribution in [2.45, 2.75) is 13.0 Å². The molecular formula is C10H17N3O2S. The Hall–Kier alpha value is -0.590. The number of ketones is 1. The molecule has 16 heavy (non-hydrogen) atoms. The zero-order chi connectivity index (χ0) is 11.7. The van der Waals surface area contributed by atoms with Gasteiger partial charge in [-0.1, -0.05) is 0 Å². The van der Waals surface area contributed by atoms with E-state index in [0.29, 0.717) is 18.2 Å². The second-order valence-electron chi connectivity index (χ2n) is 4.32. The number of carbonyl (C=O) groups excluding carboxylic acids is 2. The Kier molecular flexibility index (Phi) is 3.51. The van der Waals surface area contributed by atoms with Crippen LogP contribution >= 0.6 is 11.8 Å². The maximum absolute atomic E-state index is 11.7. The van der Waals surface area contributed by atoms with Crippen molar-refractivity contribution in [1.82, 2.24) is 14.9 Å². The lowest BCUT2D eigenvalue weighted by molar-refractivity contribution is -0.155. The highest BCUT2D eigenvalue weighted by Crippen LogP contribution is 2.21. The summed E-state index contributed by atoms with van der Waals surface area (Å²) in [6, 6.07) is -0.165. The van der Waals surface area contributed by atoms with Crippen LogP contribution in [0.25, 0.3) is 0 Å². The number of carbonyl (C=O) groups is 2. The van der Waals surface area contributed by atoms with Gasteiger partial charge >= 0.3 is 0 Å². The Bertz CT molecular complexity index is 310. The molecule has 6 heteroatoms. The highest BCUT2D eigenvalue weighted by Gasteiger charge is 2.36. The van der Waals surface area contributed by atoms with Crippen molar-refractivity contribution in [1.29, 1.82) is 0 Å². The van der Waals surface area contributed by atoms with Crippen molar-refractivity contribution in [2.24, 2.45) is 0 Å². The average Bonchev–Trinajstić information content (AvgIpc) is 2.64. The molecule has 2 saturated heterocycles. The van der Waals surface area contributed by atoms with Gasteiger partial charge in [0, 0.05) is 19.6 Å². The number of likely N-dealkylation sites (N-methyl/N-ethyl adjacent to an activating group) is 1. The largest absolute Gasteiger partial charge is 0.303 e. The summed E-state index contributed by atoms with van der Waals surface area (Å²) in [5, 5.41) is 3.69. The molecule has 0 aromatic rings. The molecule has 2 heterocycles. The summed E-state index contributed by atoms with van der Waals surface area (Å²) in [5.74, 6) is 1.49. The Balaban J connectivity index is 2.11. The van der Waals surface area contributed by atoms with Gasteiger partial charge in [-0.25, -0.2) is 5.01 Å². The molecule has 5 nitrogen and oxygen atoms in total. The lowest BCUT2D eigenvalue weighted by Gasteiger charge is -2.42. The first-order valence-electron chi connectivity index (χ1n) is 5.43. The molecule has 90 valence electrons. The van der Waals surface area contributed by atoms with E-state index in [2.05, 4.69) is 4.90 Å². The van der Waals surface area contributed by atoms with Crippen LogP contribution in [0.2, 0.25) is 0 Å². The Labute approximate surface area is 99.7 Å². The van der Waals surface area contributed by atoms with Gasteiger partial charge in [-0.15, -0.1) is 11.8 Å². The molecule has 0 spiro atoms. The fourth-order valence-electron chi connectivity index (χ4n) is 2.12. The predicted octanol–water partition coefficient (Wildman–Crippen LogP) is -0.361. The molecule has 0 bridgehead atoms. The molecule has 2 fully saturated rings. The number of hydrogen-bond donors (Lipinski definition) is 0. The predicted molar refractivity (Wildman–Crippen MR) is 62.8 cm³/mol. The van der Waals surface area contributed by atoms with Crippen molar-refractivity contribution >= 4 is 23.5 Å². The van der Waals surface area contributed by atoms with E-state index < -0.39 is 0 Å². The third kappa shape index (κ3) is 2.23. The Morgan fingerprint density at radius 1 is 1.44 bits per heavy atom. The molecule has 0 radical (unpaired) electrons. The van der Waals surface area contributed by atoms with E-state index in [0.717, 1.165) is 13.1 Å². The van der Waals surface area contributed by atoms with Gasteiger partial charge in [0.2, 0.25) is 5.91 Å². The topological polar surface area (TPSA) is 43.9 Å². The molecule has 0 saturated carbocycles. The Morgan fingerprint density at radius 2 is 2.19 bits per heavy atom. The molecule has 0 N–H and O–H groups in total. The molecule has 0 aliphatic carbocycles. The van der Waals surface area contributed by atoms with Gasteiger partial charge in [0.1, 0.15) is 11.8 Å². The minimum absolute atomic E-state index is 0.126. The minimum atomic E-state index is -0.165. The summed E-state index contributed by atoms with van der Waals surface area (Å²) in [5.41, 5.74) is 0. The smallest absolute Gasteiger partial charge is 0.247 e. The molecule has 0 aromatic carbocycles. The van der Waals surface area contributed by atoms with E-state index in [1.165, 1.54) is 0 Å². The van der Waals surface area contributed by atoms with E-state index in [-0.39, 0.29) is 17.7 Å². The van der Waals surface area contributed by atoms with E-state index in [1.807, 2.05) is 12.1 Å².